The minimum Gasteiger partial charge on any atom is -0.370 e. The van der Waals surface area contributed by atoms with E-state index in [1.807, 2.05) is 18.0 Å². The molecule has 1 atom stereocenters. The molecule has 1 aliphatic rings. The molecule has 0 saturated carbocycles. The number of aromatic nitrogens is 1. The van der Waals surface area contributed by atoms with Crippen LogP contribution in [0.1, 0.15) is 13.8 Å². The van der Waals surface area contributed by atoms with Gasteiger partial charge < -0.3 is 10.2 Å². The van der Waals surface area contributed by atoms with Crippen LogP contribution in [0.3, 0.4) is 0 Å². The van der Waals surface area contributed by atoms with E-state index in [1.165, 1.54) is 17.2 Å². The molecular formula is C12H19N3S. The fraction of sp³-hybridized carbons (Fsp3) is 0.583. The summed E-state index contributed by atoms with van der Waals surface area (Å²) in [6.45, 7) is 6.44. The number of anilines is 2. The first kappa shape index (κ1) is 11.6. The summed E-state index contributed by atoms with van der Waals surface area (Å²) in [6.07, 6.45) is 1.89. The highest BCUT2D eigenvalue weighted by molar-refractivity contribution is 7.99. The average Bonchev–Trinajstić information content (AvgIpc) is 2.30. The topological polar surface area (TPSA) is 28.2 Å². The van der Waals surface area contributed by atoms with Crippen molar-refractivity contribution in [3.05, 3.63) is 18.3 Å². The molecule has 16 heavy (non-hydrogen) atoms. The van der Waals surface area contributed by atoms with Gasteiger partial charge in [-0.15, -0.1) is 0 Å². The smallest absolute Gasteiger partial charge is 0.127 e. The van der Waals surface area contributed by atoms with Crippen LogP contribution in [0.25, 0.3) is 0 Å². The largest absolute Gasteiger partial charge is 0.370 e. The van der Waals surface area contributed by atoms with E-state index in [-0.39, 0.29) is 0 Å². The van der Waals surface area contributed by atoms with Crippen LogP contribution in [0, 0.1) is 0 Å². The van der Waals surface area contributed by atoms with Gasteiger partial charge in [-0.25, -0.2) is 4.98 Å². The van der Waals surface area contributed by atoms with Crippen LogP contribution < -0.4 is 10.2 Å². The lowest BCUT2D eigenvalue weighted by molar-refractivity contribution is 0.699. The second kappa shape index (κ2) is 5.43. The molecule has 1 N–H and O–H groups in total. The lowest BCUT2D eigenvalue weighted by Crippen LogP contribution is -2.40. The van der Waals surface area contributed by atoms with Gasteiger partial charge in [0.1, 0.15) is 5.82 Å². The Labute approximate surface area is 102 Å². The van der Waals surface area contributed by atoms with Crippen molar-refractivity contribution >= 4 is 23.3 Å². The third-order valence-electron chi connectivity index (χ3n) is 2.80. The van der Waals surface area contributed by atoms with Crippen molar-refractivity contribution in [2.45, 2.75) is 19.9 Å². The molecule has 1 aromatic rings. The Balaban J connectivity index is 2.15. The molecule has 1 aromatic heterocycles. The van der Waals surface area contributed by atoms with Crippen molar-refractivity contribution in [2.24, 2.45) is 0 Å². The van der Waals surface area contributed by atoms with Crippen LogP contribution in [-0.4, -0.2) is 35.6 Å². The van der Waals surface area contributed by atoms with Crippen molar-refractivity contribution in [1.29, 1.82) is 0 Å². The fourth-order valence-corrected chi connectivity index (χ4v) is 3.00. The van der Waals surface area contributed by atoms with Crippen LogP contribution in [-0.2, 0) is 0 Å². The summed E-state index contributed by atoms with van der Waals surface area (Å²) in [5, 5.41) is 3.26. The van der Waals surface area contributed by atoms with E-state index >= 15 is 0 Å². The molecule has 0 aromatic carbocycles. The molecule has 88 valence electrons. The van der Waals surface area contributed by atoms with E-state index in [0.29, 0.717) is 6.04 Å². The van der Waals surface area contributed by atoms with E-state index in [1.54, 1.807) is 0 Å². The van der Waals surface area contributed by atoms with Gasteiger partial charge >= 0.3 is 0 Å². The van der Waals surface area contributed by atoms with E-state index in [0.717, 1.165) is 18.9 Å². The normalized spacial score (nSPS) is 20.9. The molecule has 4 heteroatoms. The Morgan fingerprint density at radius 1 is 1.62 bits per heavy atom. The predicted molar refractivity (Wildman–Crippen MR) is 72.5 cm³/mol. The highest BCUT2D eigenvalue weighted by atomic mass is 32.2. The fourth-order valence-electron chi connectivity index (χ4n) is 1.99. The Bertz CT molecular complexity index is 343. The molecule has 1 unspecified atom stereocenters. The maximum absolute atomic E-state index is 4.31. The Morgan fingerprint density at radius 3 is 3.25 bits per heavy atom. The van der Waals surface area contributed by atoms with Gasteiger partial charge in [0, 0.05) is 48.6 Å². The highest BCUT2D eigenvalue weighted by Gasteiger charge is 2.18. The Hall–Kier alpha value is -0.900. The number of rotatable bonds is 3. The number of hydrogen-bond donors (Lipinski definition) is 1. The molecule has 3 nitrogen and oxygen atoms in total. The average molecular weight is 237 g/mol. The van der Waals surface area contributed by atoms with E-state index in [9.17, 15) is 0 Å². The second-order valence-electron chi connectivity index (χ2n) is 4.05. The summed E-state index contributed by atoms with van der Waals surface area (Å²) in [5.41, 5.74) is 1.29. The van der Waals surface area contributed by atoms with Crippen LogP contribution in [0.2, 0.25) is 0 Å². The quantitative estimate of drug-likeness (QED) is 0.874. The van der Waals surface area contributed by atoms with Gasteiger partial charge in [-0.2, -0.15) is 11.8 Å². The van der Waals surface area contributed by atoms with E-state index in [2.05, 4.69) is 41.2 Å². The summed E-state index contributed by atoms with van der Waals surface area (Å²) in [7, 11) is 0. The van der Waals surface area contributed by atoms with Crippen molar-refractivity contribution in [3.63, 3.8) is 0 Å². The third kappa shape index (κ3) is 2.61. The van der Waals surface area contributed by atoms with Crippen LogP contribution in [0.4, 0.5) is 11.5 Å². The maximum atomic E-state index is 4.31. The van der Waals surface area contributed by atoms with Gasteiger partial charge in [0.05, 0.1) is 0 Å². The summed E-state index contributed by atoms with van der Waals surface area (Å²) >= 11 is 2.04. The molecule has 0 aliphatic carbocycles. The minimum atomic E-state index is 0.621. The number of pyridine rings is 1. The molecule has 1 saturated heterocycles. The van der Waals surface area contributed by atoms with Crippen molar-refractivity contribution in [1.82, 2.24) is 4.98 Å². The van der Waals surface area contributed by atoms with Crippen LogP contribution in [0.5, 0.6) is 0 Å². The number of nitrogens with one attached hydrogen (secondary N) is 1. The van der Waals surface area contributed by atoms with Gasteiger partial charge in [0.15, 0.2) is 0 Å². The number of hydrogen-bond acceptors (Lipinski definition) is 4. The maximum Gasteiger partial charge on any atom is 0.127 e. The van der Waals surface area contributed by atoms with Crippen molar-refractivity contribution in [3.8, 4) is 0 Å². The monoisotopic (exact) mass is 237 g/mol. The molecule has 2 rings (SSSR count). The zero-order chi connectivity index (χ0) is 11.4. The molecular weight excluding hydrogens is 218 g/mol. The SMILES string of the molecule is CCNc1cc(N2CCSCC2C)ccn1. The Kier molecular flexibility index (Phi) is 3.93. The zero-order valence-electron chi connectivity index (χ0n) is 9.94. The highest BCUT2D eigenvalue weighted by Crippen LogP contribution is 2.24. The first-order valence-corrected chi connectivity index (χ1v) is 7.01. The lowest BCUT2D eigenvalue weighted by atomic mass is 10.2. The zero-order valence-corrected chi connectivity index (χ0v) is 10.8. The molecule has 0 radical (unpaired) electrons. The van der Waals surface area contributed by atoms with Crippen LogP contribution >= 0.6 is 11.8 Å². The van der Waals surface area contributed by atoms with Gasteiger partial charge in [0.25, 0.3) is 0 Å². The standard InChI is InChI=1S/C12H19N3S/c1-3-13-12-8-11(4-5-14-12)15-6-7-16-9-10(15)2/h4-5,8,10H,3,6-7,9H2,1-2H3,(H,13,14). The molecule has 1 fully saturated rings. The number of thioether (sulfide) groups is 1. The van der Waals surface area contributed by atoms with Crippen molar-refractivity contribution in [2.75, 3.05) is 34.8 Å². The third-order valence-corrected chi connectivity index (χ3v) is 3.99. The molecule has 0 amide bonds. The summed E-state index contributed by atoms with van der Waals surface area (Å²) in [4.78, 5) is 6.78. The molecule has 2 heterocycles. The molecule has 1 aliphatic heterocycles. The predicted octanol–water partition coefficient (Wildman–Crippen LogP) is 2.46. The lowest BCUT2D eigenvalue weighted by Gasteiger charge is -2.35. The molecule has 0 spiro atoms. The van der Waals surface area contributed by atoms with Gasteiger partial charge in [-0.3, -0.25) is 0 Å². The second-order valence-corrected chi connectivity index (χ2v) is 5.20. The van der Waals surface area contributed by atoms with Gasteiger partial charge in [-0.1, -0.05) is 0 Å². The molecule has 0 bridgehead atoms. The van der Waals surface area contributed by atoms with Gasteiger partial charge in [-0.05, 0) is 19.9 Å². The first-order valence-electron chi connectivity index (χ1n) is 5.85. The Morgan fingerprint density at radius 2 is 2.50 bits per heavy atom. The summed E-state index contributed by atoms with van der Waals surface area (Å²) in [5.74, 6) is 3.42. The van der Waals surface area contributed by atoms with Gasteiger partial charge in [0.2, 0.25) is 0 Å². The first-order chi connectivity index (χ1) is 7.81. The summed E-state index contributed by atoms with van der Waals surface area (Å²) < 4.78 is 0. The van der Waals surface area contributed by atoms with E-state index < -0.39 is 0 Å². The van der Waals surface area contributed by atoms with E-state index in [4.69, 9.17) is 0 Å². The minimum absolute atomic E-state index is 0.621. The summed E-state index contributed by atoms with van der Waals surface area (Å²) in [6, 6.07) is 4.87. The van der Waals surface area contributed by atoms with Crippen molar-refractivity contribution < 1.29 is 0 Å². The number of nitrogens with zero attached hydrogens (tertiary/aromatic N) is 2. The van der Waals surface area contributed by atoms with Crippen LogP contribution in [0.15, 0.2) is 18.3 Å².